The Kier molecular flexibility index (Phi) is 6.45. The van der Waals surface area contributed by atoms with Crippen LogP contribution in [0.1, 0.15) is 45.9 Å². The number of anilines is 1. The number of para-hydroxylation sites is 1. The van der Waals surface area contributed by atoms with Crippen molar-refractivity contribution in [1.29, 1.82) is 0 Å². The Morgan fingerprint density at radius 1 is 1.03 bits per heavy atom. The second kappa shape index (κ2) is 9.45. The molecule has 1 fully saturated rings. The van der Waals surface area contributed by atoms with Gasteiger partial charge in [0.05, 0.1) is 11.6 Å². The number of hydrogen-bond donors (Lipinski definition) is 0. The summed E-state index contributed by atoms with van der Waals surface area (Å²) in [6.07, 6.45) is 3.36. The van der Waals surface area contributed by atoms with Crippen LogP contribution in [0, 0.1) is 13.8 Å². The largest absolute Gasteiger partial charge is 0.332 e. The fourth-order valence-corrected chi connectivity index (χ4v) is 4.45. The van der Waals surface area contributed by atoms with Crippen LogP contribution in [0.15, 0.2) is 71.7 Å². The van der Waals surface area contributed by atoms with E-state index in [1.807, 2.05) is 35.2 Å². The van der Waals surface area contributed by atoms with Crippen LogP contribution >= 0.6 is 0 Å². The molecule has 1 aliphatic heterocycles. The number of amides is 2. The summed E-state index contributed by atoms with van der Waals surface area (Å²) in [6.45, 7) is 4.67. The zero-order chi connectivity index (χ0) is 23.5. The summed E-state index contributed by atoms with van der Waals surface area (Å²) in [4.78, 5) is 42.1. The van der Waals surface area contributed by atoms with E-state index in [2.05, 4.69) is 32.0 Å². The lowest BCUT2D eigenvalue weighted by molar-refractivity contribution is -0.118. The van der Waals surface area contributed by atoms with Gasteiger partial charge in [0.1, 0.15) is 6.54 Å². The monoisotopic (exact) mass is 443 g/mol. The van der Waals surface area contributed by atoms with Crippen LogP contribution in [-0.2, 0) is 11.3 Å². The fraction of sp³-hybridized carbons (Fsp3) is 0.296. The number of hydrogen-bond acceptors (Lipinski definition) is 3. The molecule has 4 rings (SSSR count). The summed E-state index contributed by atoms with van der Waals surface area (Å²) in [6, 6.07) is 18.5. The maximum atomic E-state index is 13.4. The van der Waals surface area contributed by atoms with Crippen molar-refractivity contribution in [3.63, 3.8) is 0 Å². The molecule has 0 saturated carbocycles. The Morgan fingerprint density at radius 2 is 1.79 bits per heavy atom. The Morgan fingerprint density at radius 3 is 2.55 bits per heavy atom. The minimum atomic E-state index is -0.311. The summed E-state index contributed by atoms with van der Waals surface area (Å²) in [5, 5.41) is 0. The molecular formula is C27H29N3O3. The summed E-state index contributed by atoms with van der Waals surface area (Å²) in [5.41, 5.74) is 4.37. The highest BCUT2D eigenvalue weighted by Crippen LogP contribution is 2.35. The molecule has 0 radical (unpaired) electrons. The van der Waals surface area contributed by atoms with Crippen molar-refractivity contribution in [2.75, 3.05) is 18.5 Å². The van der Waals surface area contributed by atoms with Gasteiger partial charge in [0, 0.05) is 31.5 Å². The molecule has 2 aromatic carbocycles. The van der Waals surface area contributed by atoms with E-state index in [4.69, 9.17) is 0 Å². The van der Waals surface area contributed by atoms with Crippen LogP contribution in [0.3, 0.4) is 0 Å². The maximum absolute atomic E-state index is 13.4. The highest BCUT2D eigenvalue weighted by Gasteiger charge is 2.31. The lowest BCUT2D eigenvalue weighted by Gasteiger charge is -2.27. The molecular weight excluding hydrogens is 414 g/mol. The Bertz CT molecular complexity index is 1230. The van der Waals surface area contributed by atoms with Crippen LogP contribution in [0.25, 0.3) is 0 Å². The van der Waals surface area contributed by atoms with Crippen molar-refractivity contribution in [2.24, 2.45) is 0 Å². The van der Waals surface area contributed by atoms with Crippen LogP contribution in [0.4, 0.5) is 5.69 Å². The Labute approximate surface area is 194 Å². The number of rotatable bonds is 5. The van der Waals surface area contributed by atoms with Gasteiger partial charge in [0.2, 0.25) is 5.91 Å². The molecule has 0 N–H and O–H groups in total. The number of pyridine rings is 1. The molecule has 6 nitrogen and oxygen atoms in total. The summed E-state index contributed by atoms with van der Waals surface area (Å²) >= 11 is 0. The van der Waals surface area contributed by atoms with E-state index < -0.39 is 0 Å². The molecule has 2 amide bonds. The molecule has 1 saturated heterocycles. The third kappa shape index (κ3) is 4.75. The van der Waals surface area contributed by atoms with Crippen molar-refractivity contribution in [3.05, 3.63) is 99.5 Å². The summed E-state index contributed by atoms with van der Waals surface area (Å²) in [5.74, 6) is -0.349. The quantitative estimate of drug-likeness (QED) is 0.596. The third-order valence-corrected chi connectivity index (χ3v) is 6.36. The molecule has 3 aromatic rings. The smallest absolute Gasteiger partial charge is 0.255 e. The number of carbonyl (C=O) groups is 2. The van der Waals surface area contributed by atoms with Crippen LogP contribution in [0.5, 0.6) is 0 Å². The number of aromatic nitrogens is 1. The Balaban J connectivity index is 1.56. The number of carbonyl (C=O) groups excluding carboxylic acids is 2. The zero-order valence-corrected chi connectivity index (χ0v) is 19.3. The van der Waals surface area contributed by atoms with Gasteiger partial charge < -0.3 is 14.4 Å². The topological polar surface area (TPSA) is 62.6 Å². The molecule has 0 bridgehead atoms. The molecule has 1 unspecified atom stereocenters. The van der Waals surface area contributed by atoms with E-state index in [1.54, 1.807) is 13.1 Å². The third-order valence-electron chi connectivity index (χ3n) is 6.36. The van der Waals surface area contributed by atoms with Gasteiger partial charge in [-0.15, -0.1) is 0 Å². The van der Waals surface area contributed by atoms with E-state index >= 15 is 0 Å². The molecule has 1 aliphatic rings. The lowest BCUT2D eigenvalue weighted by Crippen LogP contribution is -2.35. The van der Waals surface area contributed by atoms with Crippen LogP contribution in [-0.4, -0.2) is 34.9 Å². The van der Waals surface area contributed by atoms with Gasteiger partial charge in [0.15, 0.2) is 0 Å². The fourth-order valence-electron chi connectivity index (χ4n) is 4.45. The number of aryl methyl sites for hydroxylation is 2. The number of likely N-dealkylation sites (N-methyl/N-ethyl adjacent to an activating group) is 1. The normalized spacial score (nSPS) is 15.5. The SMILES string of the molecule is Cc1ccc(C)c(C2CCCN2C(=O)c2ccc(=O)n(CC(=O)N(C)c3ccccc3)c2)c1. The second-order valence-corrected chi connectivity index (χ2v) is 8.69. The van der Waals surface area contributed by atoms with Crippen molar-refractivity contribution >= 4 is 17.5 Å². The first-order valence-electron chi connectivity index (χ1n) is 11.3. The molecule has 0 spiro atoms. The molecule has 33 heavy (non-hydrogen) atoms. The number of likely N-dealkylation sites (tertiary alicyclic amines) is 1. The highest BCUT2D eigenvalue weighted by molar-refractivity contribution is 5.95. The molecule has 1 atom stereocenters. The van der Waals surface area contributed by atoms with E-state index in [1.165, 1.54) is 38.4 Å². The molecule has 170 valence electrons. The predicted octanol–water partition coefficient (Wildman–Crippen LogP) is 4.11. The van der Waals surface area contributed by atoms with Crippen molar-refractivity contribution in [1.82, 2.24) is 9.47 Å². The van der Waals surface area contributed by atoms with Crippen LogP contribution < -0.4 is 10.5 Å². The zero-order valence-electron chi connectivity index (χ0n) is 19.3. The van der Waals surface area contributed by atoms with E-state index in [9.17, 15) is 14.4 Å². The van der Waals surface area contributed by atoms with Crippen LogP contribution in [0.2, 0.25) is 0 Å². The van der Waals surface area contributed by atoms with Gasteiger partial charge in [-0.3, -0.25) is 14.4 Å². The average Bonchev–Trinajstić information content (AvgIpc) is 3.31. The summed E-state index contributed by atoms with van der Waals surface area (Å²) in [7, 11) is 1.68. The van der Waals surface area contributed by atoms with Gasteiger partial charge >= 0.3 is 0 Å². The average molecular weight is 444 g/mol. The van der Waals surface area contributed by atoms with E-state index in [-0.39, 0.29) is 30.0 Å². The predicted molar refractivity (Wildman–Crippen MR) is 129 cm³/mol. The second-order valence-electron chi connectivity index (χ2n) is 8.69. The first-order valence-corrected chi connectivity index (χ1v) is 11.3. The van der Waals surface area contributed by atoms with Crippen molar-refractivity contribution < 1.29 is 9.59 Å². The van der Waals surface area contributed by atoms with Crippen molar-refractivity contribution in [3.8, 4) is 0 Å². The van der Waals surface area contributed by atoms with Gasteiger partial charge in [0.25, 0.3) is 11.5 Å². The lowest BCUT2D eigenvalue weighted by atomic mass is 9.97. The first-order chi connectivity index (χ1) is 15.8. The van der Waals surface area contributed by atoms with E-state index in [0.29, 0.717) is 12.1 Å². The van der Waals surface area contributed by atoms with Gasteiger partial charge in [-0.2, -0.15) is 0 Å². The molecule has 2 heterocycles. The van der Waals surface area contributed by atoms with Gasteiger partial charge in [-0.25, -0.2) is 0 Å². The number of benzene rings is 2. The highest BCUT2D eigenvalue weighted by atomic mass is 16.2. The van der Waals surface area contributed by atoms with E-state index in [0.717, 1.165) is 18.5 Å². The molecule has 0 aliphatic carbocycles. The maximum Gasteiger partial charge on any atom is 0.255 e. The first kappa shape index (κ1) is 22.5. The Hall–Kier alpha value is -3.67. The minimum Gasteiger partial charge on any atom is -0.332 e. The van der Waals surface area contributed by atoms with Gasteiger partial charge in [-0.05, 0) is 56.0 Å². The molecule has 1 aromatic heterocycles. The minimum absolute atomic E-state index is 0.0172. The number of nitrogens with zero attached hydrogens (tertiary/aromatic N) is 3. The molecule has 6 heteroatoms. The van der Waals surface area contributed by atoms with Gasteiger partial charge in [-0.1, -0.05) is 42.0 Å². The van der Waals surface area contributed by atoms with Crippen molar-refractivity contribution in [2.45, 2.75) is 39.3 Å². The summed E-state index contributed by atoms with van der Waals surface area (Å²) < 4.78 is 1.32. The standard InChI is InChI=1S/C27H29N3O3/c1-19-11-12-20(2)23(16-19)24-10-7-15-30(24)27(33)21-13-14-25(31)29(17-21)18-26(32)28(3)22-8-5-4-6-9-22/h4-6,8-9,11-14,16-17,24H,7,10,15,18H2,1-3H3.